The number of rotatable bonds is 8. The zero-order chi connectivity index (χ0) is 11.8. The van der Waals surface area contributed by atoms with Gasteiger partial charge in [0.1, 0.15) is 0 Å². The van der Waals surface area contributed by atoms with Crippen molar-refractivity contribution in [1.82, 2.24) is 10.2 Å². The Morgan fingerprint density at radius 3 is 2.50 bits per heavy atom. The SMILES string of the molecule is COCCCN(CCOC)C(=O)NC1CC1. The summed E-state index contributed by atoms with van der Waals surface area (Å²) >= 11 is 0. The number of carbonyl (C=O) groups excluding carboxylic acids is 1. The van der Waals surface area contributed by atoms with E-state index in [-0.39, 0.29) is 6.03 Å². The van der Waals surface area contributed by atoms with Gasteiger partial charge >= 0.3 is 6.03 Å². The number of amides is 2. The third-order valence-electron chi connectivity index (χ3n) is 2.53. The molecular formula is C11H22N2O3. The Bertz CT molecular complexity index is 207. The Morgan fingerprint density at radius 1 is 1.25 bits per heavy atom. The molecule has 0 spiro atoms. The molecule has 94 valence electrons. The van der Waals surface area contributed by atoms with Gasteiger partial charge in [-0.3, -0.25) is 0 Å². The van der Waals surface area contributed by atoms with Crippen LogP contribution < -0.4 is 5.32 Å². The number of carbonyl (C=O) groups is 1. The summed E-state index contributed by atoms with van der Waals surface area (Å²) in [5.41, 5.74) is 0. The number of methoxy groups -OCH3 is 2. The summed E-state index contributed by atoms with van der Waals surface area (Å²) < 4.78 is 9.98. The van der Waals surface area contributed by atoms with E-state index in [0.717, 1.165) is 25.8 Å². The van der Waals surface area contributed by atoms with Crippen LogP contribution in [0.25, 0.3) is 0 Å². The summed E-state index contributed by atoms with van der Waals surface area (Å²) in [6.45, 7) is 2.61. The number of ether oxygens (including phenoxy) is 2. The first-order valence-electron chi connectivity index (χ1n) is 5.81. The molecule has 0 atom stereocenters. The van der Waals surface area contributed by atoms with Crippen LogP contribution in [0, 0.1) is 0 Å². The topological polar surface area (TPSA) is 50.8 Å². The zero-order valence-corrected chi connectivity index (χ0v) is 10.2. The second kappa shape index (κ2) is 7.46. The zero-order valence-electron chi connectivity index (χ0n) is 10.2. The molecule has 1 aliphatic carbocycles. The lowest BCUT2D eigenvalue weighted by atomic mass is 10.4. The Balaban J connectivity index is 2.25. The van der Waals surface area contributed by atoms with Crippen LogP contribution in [0.3, 0.4) is 0 Å². The maximum Gasteiger partial charge on any atom is 0.317 e. The molecule has 0 bridgehead atoms. The van der Waals surface area contributed by atoms with Gasteiger partial charge in [0.05, 0.1) is 6.61 Å². The van der Waals surface area contributed by atoms with Crippen LogP contribution in [0.2, 0.25) is 0 Å². The molecule has 16 heavy (non-hydrogen) atoms. The Morgan fingerprint density at radius 2 is 1.94 bits per heavy atom. The summed E-state index contributed by atoms with van der Waals surface area (Å²) in [5, 5.41) is 2.98. The standard InChI is InChI=1S/C11H22N2O3/c1-15-8-3-6-13(7-9-16-2)11(14)12-10-4-5-10/h10H,3-9H2,1-2H3,(H,12,14). The number of hydrogen-bond donors (Lipinski definition) is 1. The van der Waals surface area contributed by atoms with E-state index >= 15 is 0 Å². The van der Waals surface area contributed by atoms with E-state index in [1.54, 1.807) is 19.1 Å². The first-order chi connectivity index (χ1) is 7.77. The molecule has 1 saturated carbocycles. The highest BCUT2D eigenvalue weighted by atomic mass is 16.5. The summed E-state index contributed by atoms with van der Waals surface area (Å²) in [6.07, 6.45) is 3.09. The van der Waals surface area contributed by atoms with Crippen molar-refractivity contribution >= 4 is 6.03 Å². The van der Waals surface area contributed by atoms with Crippen molar-refractivity contribution in [2.45, 2.75) is 25.3 Å². The van der Waals surface area contributed by atoms with Crippen molar-refractivity contribution in [3.63, 3.8) is 0 Å². The highest BCUT2D eigenvalue weighted by Crippen LogP contribution is 2.18. The Labute approximate surface area is 97.1 Å². The third-order valence-corrected chi connectivity index (χ3v) is 2.53. The monoisotopic (exact) mass is 230 g/mol. The van der Waals surface area contributed by atoms with E-state index in [1.807, 2.05) is 0 Å². The van der Waals surface area contributed by atoms with Gasteiger partial charge in [-0.15, -0.1) is 0 Å². The van der Waals surface area contributed by atoms with E-state index in [0.29, 0.717) is 25.8 Å². The predicted octanol–water partition coefficient (Wildman–Crippen LogP) is 0.843. The molecule has 1 rings (SSSR count). The summed E-state index contributed by atoms with van der Waals surface area (Å²) in [4.78, 5) is 13.6. The maximum atomic E-state index is 11.8. The van der Waals surface area contributed by atoms with E-state index in [2.05, 4.69) is 5.32 Å². The average Bonchev–Trinajstić information content (AvgIpc) is 3.07. The molecule has 0 radical (unpaired) electrons. The fourth-order valence-corrected chi connectivity index (χ4v) is 1.41. The van der Waals surface area contributed by atoms with E-state index < -0.39 is 0 Å². The van der Waals surface area contributed by atoms with Crippen molar-refractivity contribution in [3.8, 4) is 0 Å². The molecule has 5 nitrogen and oxygen atoms in total. The minimum atomic E-state index is 0.0238. The second-order valence-corrected chi connectivity index (χ2v) is 4.05. The first kappa shape index (κ1) is 13.3. The molecule has 0 aromatic heterocycles. The Hall–Kier alpha value is -0.810. The molecular weight excluding hydrogens is 208 g/mol. The fourth-order valence-electron chi connectivity index (χ4n) is 1.41. The molecule has 1 aliphatic rings. The molecule has 0 aromatic rings. The van der Waals surface area contributed by atoms with Gasteiger partial charge in [0.25, 0.3) is 0 Å². The summed E-state index contributed by atoms with van der Waals surface area (Å²) in [6, 6.07) is 0.427. The predicted molar refractivity (Wildman–Crippen MR) is 61.5 cm³/mol. The first-order valence-corrected chi connectivity index (χ1v) is 5.81. The lowest BCUT2D eigenvalue weighted by molar-refractivity contribution is 0.137. The van der Waals surface area contributed by atoms with E-state index in [4.69, 9.17) is 9.47 Å². The van der Waals surface area contributed by atoms with Gasteiger partial charge in [-0.1, -0.05) is 0 Å². The maximum absolute atomic E-state index is 11.8. The largest absolute Gasteiger partial charge is 0.385 e. The van der Waals surface area contributed by atoms with E-state index in [9.17, 15) is 4.79 Å². The molecule has 0 saturated heterocycles. The fraction of sp³-hybridized carbons (Fsp3) is 0.909. The summed E-state index contributed by atoms with van der Waals surface area (Å²) in [7, 11) is 3.32. The lowest BCUT2D eigenvalue weighted by Crippen LogP contribution is -2.43. The minimum Gasteiger partial charge on any atom is -0.385 e. The second-order valence-electron chi connectivity index (χ2n) is 4.05. The van der Waals surface area contributed by atoms with Crippen molar-refractivity contribution < 1.29 is 14.3 Å². The van der Waals surface area contributed by atoms with Gasteiger partial charge in [-0.25, -0.2) is 4.79 Å². The molecule has 2 amide bonds. The van der Waals surface area contributed by atoms with Crippen molar-refractivity contribution in [3.05, 3.63) is 0 Å². The van der Waals surface area contributed by atoms with Gasteiger partial charge < -0.3 is 19.7 Å². The van der Waals surface area contributed by atoms with Crippen LogP contribution in [-0.4, -0.2) is 57.5 Å². The van der Waals surface area contributed by atoms with Gasteiger partial charge in [-0.05, 0) is 19.3 Å². The number of urea groups is 1. The quantitative estimate of drug-likeness (QED) is 0.629. The molecule has 0 aromatic carbocycles. The van der Waals surface area contributed by atoms with Gasteiger partial charge in [0.15, 0.2) is 0 Å². The Kier molecular flexibility index (Phi) is 6.18. The highest BCUT2D eigenvalue weighted by molar-refractivity contribution is 5.74. The number of nitrogens with one attached hydrogen (secondary N) is 1. The normalized spacial score (nSPS) is 14.9. The molecule has 1 N–H and O–H groups in total. The minimum absolute atomic E-state index is 0.0238. The van der Waals surface area contributed by atoms with Crippen LogP contribution in [0.5, 0.6) is 0 Å². The van der Waals surface area contributed by atoms with Crippen LogP contribution >= 0.6 is 0 Å². The summed E-state index contributed by atoms with van der Waals surface area (Å²) in [5.74, 6) is 0. The number of nitrogens with zero attached hydrogens (tertiary/aromatic N) is 1. The molecule has 5 heteroatoms. The van der Waals surface area contributed by atoms with Crippen LogP contribution in [-0.2, 0) is 9.47 Å². The van der Waals surface area contributed by atoms with Crippen LogP contribution in [0.4, 0.5) is 4.79 Å². The average molecular weight is 230 g/mol. The third kappa shape index (κ3) is 5.32. The van der Waals surface area contributed by atoms with Gasteiger partial charge in [-0.2, -0.15) is 0 Å². The van der Waals surface area contributed by atoms with Crippen LogP contribution in [0.1, 0.15) is 19.3 Å². The molecule has 1 fully saturated rings. The van der Waals surface area contributed by atoms with Gasteiger partial charge in [0.2, 0.25) is 0 Å². The van der Waals surface area contributed by atoms with Gasteiger partial charge in [0, 0.05) is 40.0 Å². The molecule has 0 heterocycles. The van der Waals surface area contributed by atoms with Crippen molar-refractivity contribution in [1.29, 1.82) is 0 Å². The molecule has 0 aliphatic heterocycles. The molecule has 0 unspecified atom stereocenters. The smallest absolute Gasteiger partial charge is 0.317 e. The van der Waals surface area contributed by atoms with E-state index in [1.165, 1.54) is 0 Å². The lowest BCUT2D eigenvalue weighted by Gasteiger charge is -2.22. The number of hydrogen-bond acceptors (Lipinski definition) is 3. The van der Waals surface area contributed by atoms with Crippen LogP contribution in [0.15, 0.2) is 0 Å². The van der Waals surface area contributed by atoms with Crippen molar-refractivity contribution in [2.75, 3.05) is 40.5 Å². The van der Waals surface area contributed by atoms with Crippen molar-refractivity contribution in [2.24, 2.45) is 0 Å². The highest BCUT2D eigenvalue weighted by Gasteiger charge is 2.25.